The van der Waals surface area contributed by atoms with Crippen molar-refractivity contribution >= 4 is 18.0 Å². The Kier molecular flexibility index (Phi) is 7.45. The van der Waals surface area contributed by atoms with Crippen molar-refractivity contribution in [2.45, 2.75) is 25.3 Å². The standard InChI is InChI=1S/C28H28N2O5/c1-18(15-25(31)30-26(27(32)33)19-9-3-2-4-10-19)16-29-28(34)35-17-24-22-13-7-5-11-20(22)21-12-6-8-14-23(21)24/h2-14,18,24,26H,15-17H2,1H3,(H,29,34)(H,30,31)(H,32,33)/t18?,26-/m1/s1. The van der Waals surface area contributed by atoms with Crippen LogP contribution in [0.3, 0.4) is 0 Å². The third-order valence-corrected chi connectivity index (χ3v) is 6.16. The Morgan fingerprint density at radius 2 is 1.46 bits per heavy atom. The summed E-state index contributed by atoms with van der Waals surface area (Å²) in [5, 5.41) is 14.7. The van der Waals surface area contributed by atoms with E-state index in [1.54, 1.807) is 30.3 Å². The topological polar surface area (TPSA) is 105 Å². The normalized spacial score (nSPS) is 13.7. The summed E-state index contributed by atoms with van der Waals surface area (Å²) in [6.45, 7) is 2.25. The number of carboxylic acid groups (broad SMARTS) is 1. The number of benzene rings is 3. The molecule has 0 spiro atoms. The molecule has 3 aromatic carbocycles. The lowest BCUT2D eigenvalue weighted by Crippen LogP contribution is -2.36. The highest BCUT2D eigenvalue weighted by molar-refractivity contribution is 5.84. The van der Waals surface area contributed by atoms with Crippen LogP contribution < -0.4 is 10.6 Å². The van der Waals surface area contributed by atoms with Crippen molar-refractivity contribution < 1.29 is 24.2 Å². The number of fused-ring (bicyclic) bond motifs is 3. The van der Waals surface area contributed by atoms with Gasteiger partial charge in [-0.25, -0.2) is 9.59 Å². The largest absolute Gasteiger partial charge is 0.479 e. The first-order valence-corrected chi connectivity index (χ1v) is 11.6. The van der Waals surface area contributed by atoms with Crippen molar-refractivity contribution in [1.82, 2.24) is 10.6 Å². The molecule has 7 nitrogen and oxygen atoms in total. The Bertz CT molecular complexity index is 1170. The molecule has 0 aromatic heterocycles. The zero-order valence-corrected chi connectivity index (χ0v) is 19.4. The number of carboxylic acids is 1. The fraction of sp³-hybridized carbons (Fsp3) is 0.250. The molecular weight excluding hydrogens is 444 g/mol. The predicted molar refractivity (Wildman–Crippen MR) is 132 cm³/mol. The summed E-state index contributed by atoms with van der Waals surface area (Å²) in [6, 6.07) is 23.6. The number of alkyl carbamates (subject to hydrolysis) is 1. The number of carbonyl (C=O) groups is 3. The third kappa shape index (κ3) is 5.69. The van der Waals surface area contributed by atoms with Gasteiger partial charge < -0.3 is 20.5 Å². The van der Waals surface area contributed by atoms with Gasteiger partial charge in [0.05, 0.1) is 0 Å². The van der Waals surface area contributed by atoms with Crippen LogP contribution in [0.4, 0.5) is 4.79 Å². The van der Waals surface area contributed by atoms with Crippen LogP contribution in [0.25, 0.3) is 11.1 Å². The lowest BCUT2D eigenvalue weighted by Gasteiger charge is -2.18. The molecule has 0 fully saturated rings. The monoisotopic (exact) mass is 472 g/mol. The molecule has 1 aliphatic carbocycles. The summed E-state index contributed by atoms with van der Waals surface area (Å²) in [7, 11) is 0. The van der Waals surface area contributed by atoms with E-state index in [0.717, 1.165) is 22.3 Å². The van der Waals surface area contributed by atoms with Crippen LogP contribution in [-0.4, -0.2) is 36.2 Å². The molecular formula is C28H28N2O5. The maximum Gasteiger partial charge on any atom is 0.407 e. The second kappa shape index (κ2) is 10.9. The van der Waals surface area contributed by atoms with Gasteiger partial charge in [0.15, 0.2) is 6.04 Å². The molecule has 0 heterocycles. The molecule has 2 atom stereocenters. The van der Waals surface area contributed by atoms with E-state index in [9.17, 15) is 19.5 Å². The lowest BCUT2D eigenvalue weighted by molar-refractivity contribution is -0.142. The molecule has 35 heavy (non-hydrogen) atoms. The summed E-state index contributed by atoms with van der Waals surface area (Å²) in [5.74, 6) is -1.76. The van der Waals surface area contributed by atoms with E-state index in [4.69, 9.17) is 4.74 Å². The third-order valence-electron chi connectivity index (χ3n) is 6.16. The van der Waals surface area contributed by atoms with Crippen molar-refractivity contribution in [3.8, 4) is 11.1 Å². The van der Waals surface area contributed by atoms with Crippen LogP contribution in [0.1, 0.15) is 42.0 Å². The number of rotatable bonds is 9. The smallest absolute Gasteiger partial charge is 0.407 e. The van der Waals surface area contributed by atoms with Crippen LogP contribution in [-0.2, 0) is 14.3 Å². The first-order valence-electron chi connectivity index (χ1n) is 11.6. The lowest BCUT2D eigenvalue weighted by atomic mass is 9.98. The second-order valence-corrected chi connectivity index (χ2v) is 8.77. The van der Waals surface area contributed by atoms with E-state index in [1.165, 1.54) is 0 Å². The van der Waals surface area contributed by atoms with E-state index in [0.29, 0.717) is 5.56 Å². The van der Waals surface area contributed by atoms with Crippen molar-refractivity contribution in [2.75, 3.05) is 13.2 Å². The van der Waals surface area contributed by atoms with Crippen LogP contribution in [0.15, 0.2) is 78.9 Å². The Morgan fingerprint density at radius 3 is 2.06 bits per heavy atom. The van der Waals surface area contributed by atoms with Gasteiger partial charge in [-0.15, -0.1) is 0 Å². The summed E-state index contributed by atoms with van der Waals surface area (Å²) in [6.07, 6.45) is -0.480. The minimum absolute atomic E-state index is 0.0257. The van der Waals surface area contributed by atoms with Crippen LogP contribution >= 0.6 is 0 Å². The number of amides is 2. The van der Waals surface area contributed by atoms with Crippen LogP contribution in [0, 0.1) is 5.92 Å². The molecule has 7 heteroatoms. The van der Waals surface area contributed by atoms with E-state index in [-0.39, 0.29) is 31.4 Å². The average molecular weight is 473 g/mol. The quantitative estimate of drug-likeness (QED) is 0.426. The molecule has 1 unspecified atom stereocenters. The van der Waals surface area contributed by atoms with Gasteiger partial charge in [-0.1, -0.05) is 85.8 Å². The van der Waals surface area contributed by atoms with Crippen molar-refractivity contribution in [3.63, 3.8) is 0 Å². The fourth-order valence-corrected chi connectivity index (χ4v) is 4.45. The highest BCUT2D eigenvalue weighted by Gasteiger charge is 2.29. The zero-order valence-electron chi connectivity index (χ0n) is 19.4. The molecule has 4 rings (SSSR count). The minimum Gasteiger partial charge on any atom is -0.479 e. The highest BCUT2D eigenvalue weighted by atomic mass is 16.5. The number of ether oxygens (including phenoxy) is 1. The second-order valence-electron chi connectivity index (χ2n) is 8.77. The van der Waals surface area contributed by atoms with Gasteiger partial charge in [-0.2, -0.15) is 0 Å². The van der Waals surface area contributed by atoms with Crippen molar-refractivity contribution in [1.29, 1.82) is 0 Å². The van der Waals surface area contributed by atoms with Crippen molar-refractivity contribution in [2.24, 2.45) is 5.92 Å². The van der Waals surface area contributed by atoms with E-state index >= 15 is 0 Å². The van der Waals surface area contributed by atoms with Gasteiger partial charge in [0.25, 0.3) is 0 Å². The van der Waals surface area contributed by atoms with Crippen LogP contribution in [0.5, 0.6) is 0 Å². The number of aliphatic carboxylic acids is 1. The number of carbonyl (C=O) groups excluding carboxylic acids is 2. The molecule has 180 valence electrons. The maximum atomic E-state index is 12.4. The Hall–Kier alpha value is -4.13. The van der Waals surface area contributed by atoms with Crippen LogP contribution in [0.2, 0.25) is 0 Å². The summed E-state index contributed by atoms with van der Waals surface area (Å²) in [5.41, 5.74) is 5.09. The van der Waals surface area contributed by atoms with E-state index < -0.39 is 24.0 Å². The molecule has 0 saturated carbocycles. The Labute approximate surface area is 204 Å². The van der Waals surface area contributed by atoms with Gasteiger partial charge in [0.1, 0.15) is 6.61 Å². The minimum atomic E-state index is -1.13. The number of hydrogen-bond donors (Lipinski definition) is 3. The number of hydrogen-bond acceptors (Lipinski definition) is 4. The molecule has 0 bridgehead atoms. The summed E-state index contributed by atoms with van der Waals surface area (Å²) in [4.78, 5) is 36.3. The fourth-order valence-electron chi connectivity index (χ4n) is 4.45. The van der Waals surface area contributed by atoms with Gasteiger partial charge >= 0.3 is 12.1 Å². The summed E-state index contributed by atoms with van der Waals surface area (Å²) < 4.78 is 5.52. The van der Waals surface area contributed by atoms with E-state index in [2.05, 4.69) is 34.9 Å². The van der Waals surface area contributed by atoms with Gasteiger partial charge in [-0.3, -0.25) is 4.79 Å². The molecule has 1 aliphatic rings. The van der Waals surface area contributed by atoms with E-state index in [1.807, 2.05) is 31.2 Å². The van der Waals surface area contributed by atoms with Gasteiger partial charge in [0.2, 0.25) is 5.91 Å². The molecule has 3 aromatic rings. The molecule has 3 N–H and O–H groups in total. The molecule has 2 amide bonds. The maximum absolute atomic E-state index is 12.4. The molecule has 0 radical (unpaired) electrons. The average Bonchev–Trinajstić information content (AvgIpc) is 3.19. The highest BCUT2D eigenvalue weighted by Crippen LogP contribution is 2.44. The summed E-state index contributed by atoms with van der Waals surface area (Å²) >= 11 is 0. The SMILES string of the molecule is CC(CNC(=O)OCC1c2ccccc2-c2ccccc21)CC(=O)N[C@@H](C(=O)O)c1ccccc1. The first kappa shape index (κ1) is 24.0. The van der Waals surface area contributed by atoms with Crippen molar-refractivity contribution in [3.05, 3.63) is 95.6 Å². The predicted octanol–water partition coefficient (Wildman–Crippen LogP) is 4.49. The number of nitrogens with one attached hydrogen (secondary N) is 2. The van der Waals surface area contributed by atoms with Gasteiger partial charge in [0, 0.05) is 18.9 Å². The first-order chi connectivity index (χ1) is 16.9. The zero-order chi connectivity index (χ0) is 24.8. The van der Waals surface area contributed by atoms with Gasteiger partial charge in [-0.05, 0) is 33.7 Å². The Balaban J connectivity index is 1.25. The Morgan fingerprint density at radius 1 is 0.886 bits per heavy atom. The molecule has 0 saturated heterocycles. The molecule has 0 aliphatic heterocycles.